The van der Waals surface area contributed by atoms with Gasteiger partial charge in [0, 0.05) is 12.0 Å². The van der Waals surface area contributed by atoms with Gasteiger partial charge in [-0.1, -0.05) is 6.07 Å². The van der Waals surface area contributed by atoms with Gasteiger partial charge in [0.1, 0.15) is 5.60 Å². The lowest BCUT2D eigenvalue weighted by molar-refractivity contribution is -0.140. The summed E-state index contributed by atoms with van der Waals surface area (Å²) in [5.74, 6) is -3.23. The van der Waals surface area contributed by atoms with Crippen molar-refractivity contribution in [2.45, 2.75) is 25.4 Å². The minimum absolute atomic E-state index is 0.163. The number of carboxylic acid groups (broad SMARTS) is 1. The van der Waals surface area contributed by atoms with Crippen molar-refractivity contribution in [2.24, 2.45) is 0 Å². The highest BCUT2D eigenvalue weighted by atomic mass is 19.2. The van der Waals surface area contributed by atoms with Crippen LogP contribution in [0.3, 0.4) is 0 Å². The Morgan fingerprint density at radius 1 is 1.56 bits per heavy atom. The molecule has 1 unspecified atom stereocenters. The summed E-state index contributed by atoms with van der Waals surface area (Å²) in [4.78, 5) is 10.6. The van der Waals surface area contributed by atoms with Crippen LogP contribution in [0.2, 0.25) is 0 Å². The highest BCUT2D eigenvalue weighted by molar-refractivity contribution is 5.68. The second-order valence-corrected chi connectivity index (χ2v) is 4.15. The number of halogens is 2. The topological polar surface area (TPSA) is 46.5 Å². The maximum atomic E-state index is 13.3. The van der Waals surface area contributed by atoms with E-state index in [1.54, 1.807) is 6.92 Å². The number of rotatable bonds is 2. The first kappa shape index (κ1) is 10.9. The Balaban J connectivity index is 2.34. The zero-order valence-electron chi connectivity index (χ0n) is 8.59. The van der Waals surface area contributed by atoms with Crippen molar-refractivity contribution >= 4 is 5.97 Å². The number of ether oxygens (including phenoxy) is 1. The van der Waals surface area contributed by atoms with Gasteiger partial charge in [0.2, 0.25) is 5.82 Å². The van der Waals surface area contributed by atoms with Gasteiger partial charge in [-0.05, 0) is 13.0 Å². The highest BCUT2D eigenvalue weighted by Gasteiger charge is 2.39. The van der Waals surface area contributed by atoms with E-state index in [2.05, 4.69) is 0 Å². The predicted octanol–water partition coefficient (Wildman–Crippen LogP) is 2.13. The number of hydrogen-bond donors (Lipinski definition) is 1. The molecule has 1 heterocycles. The molecule has 0 spiro atoms. The van der Waals surface area contributed by atoms with Crippen LogP contribution >= 0.6 is 0 Å². The smallest absolute Gasteiger partial charge is 0.307 e. The van der Waals surface area contributed by atoms with Crippen molar-refractivity contribution in [3.05, 3.63) is 29.3 Å². The Hall–Kier alpha value is -1.65. The fourth-order valence-electron chi connectivity index (χ4n) is 1.93. The van der Waals surface area contributed by atoms with E-state index >= 15 is 0 Å². The SMILES string of the molecule is CC1(CC(=O)O)Cc2ccc(F)c(F)c2O1. The molecule has 1 aliphatic heterocycles. The molecule has 0 bridgehead atoms. The summed E-state index contributed by atoms with van der Waals surface area (Å²) in [6, 6.07) is 2.44. The Morgan fingerprint density at radius 3 is 2.88 bits per heavy atom. The first-order chi connectivity index (χ1) is 7.41. The summed E-state index contributed by atoms with van der Waals surface area (Å²) < 4.78 is 31.5. The van der Waals surface area contributed by atoms with Crippen molar-refractivity contribution < 1.29 is 23.4 Å². The largest absolute Gasteiger partial charge is 0.483 e. The number of carboxylic acids is 1. The average molecular weight is 228 g/mol. The number of aliphatic carboxylic acids is 1. The lowest BCUT2D eigenvalue weighted by Crippen LogP contribution is -2.33. The Bertz CT molecular complexity index is 459. The summed E-state index contributed by atoms with van der Waals surface area (Å²) >= 11 is 0. The summed E-state index contributed by atoms with van der Waals surface area (Å²) in [5, 5.41) is 8.69. The van der Waals surface area contributed by atoms with Gasteiger partial charge in [0.25, 0.3) is 0 Å². The Labute approximate surface area is 90.7 Å². The Morgan fingerprint density at radius 2 is 2.25 bits per heavy atom. The third kappa shape index (κ3) is 1.73. The number of benzene rings is 1. The summed E-state index contributed by atoms with van der Waals surface area (Å²) in [6.45, 7) is 1.57. The molecular formula is C11H10F2O3. The molecule has 1 aliphatic rings. The number of carbonyl (C=O) groups is 1. The summed E-state index contributed by atoms with van der Waals surface area (Å²) in [7, 11) is 0. The van der Waals surface area contributed by atoms with E-state index in [4.69, 9.17) is 9.84 Å². The quantitative estimate of drug-likeness (QED) is 0.843. The molecule has 1 aromatic carbocycles. The fraction of sp³-hybridized carbons (Fsp3) is 0.364. The molecule has 2 rings (SSSR count). The zero-order valence-corrected chi connectivity index (χ0v) is 8.59. The molecule has 0 radical (unpaired) electrons. The van der Waals surface area contributed by atoms with Gasteiger partial charge in [-0.2, -0.15) is 4.39 Å². The van der Waals surface area contributed by atoms with E-state index in [0.717, 1.165) is 6.07 Å². The monoisotopic (exact) mass is 228 g/mol. The molecule has 5 heteroatoms. The van der Waals surface area contributed by atoms with E-state index in [0.29, 0.717) is 5.56 Å². The van der Waals surface area contributed by atoms with Crippen LogP contribution in [-0.4, -0.2) is 16.7 Å². The third-order valence-corrected chi connectivity index (χ3v) is 2.57. The molecule has 0 fully saturated rings. The van der Waals surface area contributed by atoms with Crippen LogP contribution in [0.1, 0.15) is 18.9 Å². The van der Waals surface area contributed by atoms with Crippen molar-refractivity contribution in [1.29, 1.82) is 0 Å². The van der Waals surface area contributed by atoms with E-state index in [-0.39, 0.29) is 18.6 Å². The van der Waals surface area contributed by atoms with Crippen molar-refractivity contribution in [3.63, 3.8) is 0 Å². The van der Waals surface area contributed by atoms with Crippen molar-refractivity contribution in [3.8, 4) is 5.75 Å². The first-order valence-electron chi connectivity index (χ1n) is 4.79. The average Bonchev–Trinajstić information content (AvgIpc) is 2.48. The van der Waals surface area contributed by atoms with Crippen LogP contribution in [0.4, 0.5) is 8.78 Å². The number of hydrogen-bond acceptors (Lipinski definition) is 2. The summed E-state index contributed by atoms with van der Waals surface area (Å²) in [6.07, 6.45) is 0.0224. The van der Waals surface area contributed by atoms with E-state index in [1.165, 1.54) is 6.07 Å². The third-order valence-electron chi connectivity index (χ3n) is 2.57. The van der Waals surface area contributed by atoms with Gasteiger partial charge >= 0.3 is 5.97 Å². The van der Waals surface area contributed by atoms with Gasteiger partial charge < -0.3 is 9.84 Å². The maximum Gasteiger partial charge on any atom is 0.307 e. The van der Waals surface area contributed by atoms with Crippen LogP contribution in [0, 0.1) is 11.6 Å². The van der Waals surface area contributed by atoms with Crippen LogP contribution in [0.25, 0.3) is 0 Å². The molecular weight excluding hydrogens is 218 g/mol. The van der Waals surface area contributed by atoms with Gasteiger partial charge in [-0.25, -0.2) is 4.39 Å². The van der Waals surface area contributed by atoms with Gasteiger partial charge in [-0.3, -0.25) is 4.79 Å². The second kappa shape index (κ2) is 3.43. The molecule has 1 atom stereocenters. The summed E-state index contributed by atoms with van der Waals surface area (Å²) in [5.41, 5.74) is -0.495. The molecule has 16 heavy (non-hydrogen) atoms. The lowest BCUT2D eigenvalue weighted by Gasteiger charge is -2.21. The van der Waals surface area contributed by atoms with Crippen LogP contribution in [0.5, 0.6) is 5.75 Å². The van der Waals surface area contributed by atoms with E-state index < -0.39 is 23.2 Å². The molecule has 1 aromatic rings. The number of fused-ring (bicyclic) bond motifs is 1. The van der Waals surface area contributed by atoms with Crippen LogP contribution in [0.15, 0.2) is 12.1 Å². The van der Waals surface area contributed by atoms with Crippen molar-refractivity contribution in [1.82, 2.24) is 0 Å². The second-order valence-electron chi connectivity index (χ2n) is 4.15. The van der Waals surface area contributed by atoms with Gasteiger partial charge in [-0.15, -0.1) is 0 Å². The minimum atomic E-state index is -1.05. The molecule has 0 amide bonds. The normalized spacial score (nSPS) is 22.7. The Kier molecular flexibility index (Phi) is 2.33. The minimum Gasteiger partial charge on any atom is -0.483 e. The standard InChI is InChI=1S/C11H10F2O3/c1-11(5-8(14)15)4-6-2-3-7(12)9(13)10(6)16-11/h2-3H,4-5H2,1H3,(H,14,15). The molecule has 86 valence electrons. The molecule has 0 aromatic heterocycles. The first-order valence-corrected chi connectivity index (χ1v) is 4.79. The fourth-order valence-corrected chi connectivity index (χ4v) is 1.93. The maximum absolute atomic E-state index is 13.3. The van der Waals surface area contributed by atoms with E-state index in [9.17, 15) is 13.6 Å². The molecule has 0 aliphatic carbocycles. The molecule has 0 saturated carbocycles. The molecule has 0 saturated heterocycles. The highest BCUT2D eigenvalue weighted by Crippen LogP contribution is 2.39. The van der Waals surface area contributed by atoms with E-state index in [1.807, 2.05) is 0 Å². The van der Waals surface area contributed by atoms with Gasteiger partial charge in [0.15, 0.2) is 11.6 Å². The van der Waals surface area contributed by atoms with Crippen molar-refractivity contribution in [2.75, 3.05) is 0 Å². The molecule has 3 nitrogen and oxygen atoms in total. The zero-order chi connectivity index (χ0) is 11.9. The van der Waals surface area contributed by atoms with Gasteiger partial charge in [0.05, 0.1) is 6.42 Å². The van der Waals surface area contributed by atoms with Crippen LogP contribution in [-0.2, 0) is 11.2 Å². The van der Waals surface area contributed by atoms with Crippen LogP contribution < -0.4 is 4.74 Å². The predicted molar refractivity (Wildman–Crippen MR) is 51.3 cm³/mol. The lowest BCUT2D eigenvalue weighted by atomic mass is 9.96. The molecule has 1 N–H and O–H groups in total.